The van der Waals surface area contributed by atoms with Crippen LogP contribution in [0.2, 0.25) is 0 Å². The molecule has 0 unspecified atom stereocenters. The summed E-state index contributed by atoms with van der Waals surface area (Å²) < 4.78 is 0. The molecule has 0 aliphatic carbocycles. The number of likely N-dealkylation sites (tertiary alicyclic amines) is 1. The molecule has 4 atom stereocenters. The van der Waals surface area contributed by atoms with Crippen molar-refractivity contribution >= 4 is 46.7 Å². The standard InChI is InChI=1S/C23H34N4O6.Mg/c1-14(2)11-17(25-20(29)16(24)12-15-7-4-3-5-8-15)22(31)27-10-6-9-19(27)21(30)26-18(13-28)23(32)33;/h3-5,7-8,14,16-19,28H,6,9-13,24H2,1-2H3,(H,25,29)(H,26,30)(H,32,33);/t16-,17-,18-,19-;/m0./s1. The predicted molar refractivity (Wildman–Crippen MR) is 127 cm³/mol. The molecule has 1 saturated heterocycles. The third-order valence-electron chi connectivity index (χ3n) is 5.59. The summed E-state index contributed by atoms with van der Waals surface area (Å²) >= 11 is 0. The molecule has 1 aromatic carbocycles. The Morgan fingerprint density at radius 2 is 1.76 bits per heavy atom. The van der Waals surface area contributed by atoms with E-state index in [1.807, 2.05) is 44.2 Å². The van der Waals surface area contributed by atoms with Gasteiger partial charge in [0.25, 0.3) is 0 Å². The van der Waals surface area contributed by atoms with Gasteiger partial charge in [-0.2, -0.15) is 0 Å². The van der Waals surface area contributed by atoms with E-state index in [1.54, 1.807) is 0 Å². The summed E-state index contributed by atoms with van der Waals surface area (Å²) in [6, 6.07) is 5.31. The average Bonchev–Trinajstić information content (AvgIpc) is 3.26. The highest BCUT2D eigenvalue weighted by Crippen LogP contribution is 2.21. The molecule has 1 aliphatic rings. The lowest BCUT2D eigenvalue weighted by Crippen LogP contribution is -2.57. The second kappa shape index (κ2) is 14.2. The molecular formula is C23H34MgN4O6. The number of nitrogens with one attached hydrogen (secondary N) is 2. The number of aliphatic carboxylic acids is 1. The lowest BCUT2D eigenvalue weighted by atomic mass is 10.0. The molecule has 1 aliphatic heterocycles. The van der Waals surface area contributed by atoms with Crippen molar-refractivity contribution in [2.75, 3.05) is 13.2 Å². The van der Waals surface area contributed by atoms with Crippen molar-refractivity contribution in [3.05, 3.63) is 35.9 Å². The summed E-state index contributed by atoms with van der Waals surface area (Å²) in [6.45, 7) is 3.40. The Labute approximate surface area is 215 Å². The van der Waals surface area contributed by atoms with Gasteiger partial charge >= 0.3 is 5.97 Å². The highest BCUT2D eigenvalue weighted by atomic mass is 24.3. The molecule has 0 spiro atoms. The molecule has 2 radical (unpaired) electrons. The lowest BCUT2D eigenvalue weighted by molar-refractivity contribution is -0.145. The SMILES string of the molecule is CC(C)C[C@H](NC(=O)[C@@H](N)Cc1ccccc1)C(=O)N1CCC[C@H]1C(=O)N[C@@H](CO)C(=O)O.[Mg]. The number of aliphatic hydroxyl groups excluding tert-OH is 1. The van der Waals surface area contributed by atoms with Gasteiger partial charge in [-0.15, -0.1) is 0 Å². The molecule has 0 bridgehead atoms. The van der Waals surface area contributed by atoms with Gasteiger partial charge in [0.15, 0.2) is 0 Å². The number of carbonyl (C=O) groups is 4. The Hall–Kier alpha value is -2.21. The zero-order valence-corrected chi connectivity index (χ0v) is 21.2. The molecule has 1 aromatic rings. The molecule has 6 N–H and O–H groups in total. The number of aliphatic hydroxyl groups is 1. The number of benzene rings is 1. The molecule has 184 valence electrons. The van der Waals surface area contributed by atoms with Crippen molar-refractivity contribution in [3.63, 3.8) is 0 Å². The predicted octanol–water partition coefficient (Wildman–Crippen LogP) is -0.741. The van der Waals surface area contributed by atoms with Crippen LogP contribution in [0.1, 0.15) is 38.7 Å². The second-order valence-corrected chi connectivity index (χ2v) is 8.76. The van der Waals surface area contributed by atoms with Gasteiger partial charge in [0.1, 0.15) is 18.1 Å². The van der Waals surface area contributed by atoms with Crippen molar-refractivity contribution in [2.45, 2.75) is 63.7 Å². The van der Waals surface area contributed by atoms with Crippen LogP contribution >= 0.6 is 0 Å². The maximum Gasteiger partial charge on any atom is 0.328 e. The van der Waals surface area contributed by atoms with Crippen LogP contribution in [0, 0.1) is 5.92 Å². The Balaban J connectivity index is 0.00000578. The number of nitrogens with zero attached hydrogens (tertiary/aromatic N) is 1. The first kappa shape index (κ1) is 29.8. The molecule has 1 heterocycles. The fourth-order valence-corrected chi connectivity index (χ4v) is 3.89. The minimum absolute atomic E-state index is 0. The summed E-state index contributed by atoms with van der Waals surface area (Å²) in [7, 11) is 0. The first-order valence-electron chi connectivity index (χ1n) is 11.2. The van der Waals surface area contributed by atoms with Crippen molar-refractivity contribution in [1.29, 1.82) is 0 Å². The fourth-order valence-electron chi connectivity index (χ4n) is 3.89. The van der Waals surface area contributed by atoms with Gasteiger partial charge < -0.3 is 31.5 Å². The maximum absolute atomic E-state index is 13.3. The largest absolute Gasteiger partial charge is 0.480 e. The highest BCUT2D eigenvalue weighted by molar-refractivity contribution is 5.94. The van der Waals surface area contributed by atoms with Crippen molar-refractivity contribution in [1.82, 2.24) is 15.5 Å². The van der Waals surface area contributed by atoms with Gasteiger partial charge in [-0.3, -0.25) is 14.4 Å². The van der Waals surface area contributed by atoms with Gasteiger partial charge in [-0.25, -0.2) is 4.79 Å². The van der Waals surface area contributed by atoms with E-state index in [-0.39, 0.29) is 29.0 Å². The second-order valence-electron chi connectivity index (χ2n) is 8.76. The number of nitrogens with two attached hydrogens (primary N) is 1. The van der Waals surface area contributed by atoms with E-state index in [1.165, 1.54) is 4.90 Å². The van der Waals surface area contributed by atoms with E-state index in [0.717, 1.165) is 5.56 Å². The summed E-state index contributed by atoms with van der Waals surface area (Å²) in [6.07, 6.45) is 1.62. The number of amides is 3. The smallest absolute Gasteiger partial charge is 0.328 e. The van der Waals surface area contributed by atoms with E-state index in [2.05, 4.69) is 10.6 Å². The van der Waals surface area contributed by atoms with E-state index in [4.69, 9.17) is 10.8 Å². The van der Waals surface area contributed by atoms with Gasteiger partial charge in [0, 0.05) is 29.6 Å². The Kier molecular flexibility index (Phi) is 12.5. The first-order valence-corrected chi connectivity index (χ1v) is 11.2. The third-order valence-corrected chi connectivity index (χ3v) is 5.59. The summed E-state index contributed by atoms with van der Waals surface area (Å²) in [5.41, 5.74) is 6.98. The highest BCUT2D eigenvalue weighted by Gasteiger charge is 2.39. The topological polar surface area (TPSA) is 162 Å². The normalized spacial score (nSPS) is 17.9. The molecule has 3 amide bonds. The maximum atomic E-state index is 13.3. The molecule has 0 aromatic heterocycles. The van der Waals surface area contributed by atoms with Crippen molar-refractivity contribution < 1.29 is 29.4 Å². The van der Waals surface area contributed by atoms with Crippen molar-refractivity contribution in [2.24, 2.45) is 11.7 Å². The zero-order chi connectivity index (χ0) is 24.5. The summed E-state index contributed by atoms with van der Waals surface area (Å²) in [5.74, 6) is -2.77. The van der Waals surface area contributed by atoms with Crippen LogP contribution in [-0.4, -0.2) is 99.2 Å². The zero-order valence-electron chi connectivity index (χ0n) is 19.8. The number of hydrogen-bond donors (Lipinski definition) is 5. The Bertz CT molecular complexity index is 838. The number of carboxylic acid groups (broad SMARTS) is 1. The third kappa shape index (κ3) is 8.53. The molecule has 1 fully saturated rings. The molecule has 10 nitrogen and oxygen atoms in total. The number of carboxylic acids is 1. The van der Waals surface area contributed by atoms with E-state index in [0.29, 0.717) is 32.2 Å². The fraction of sp³-hybridized carbons (Fsp3) is 0.565. The van der Waals surface area contributed by atoms with Crippen LogP contribution in [0.5, 0.6) is 0 Å². The van der Waals surface area contributed by atoms with E-state index >= 15 is 0 Å². The summed E-state index contributed by atoms with van der Waals surface area (Å²) in [5, 5.41) is 23.3. The van der Waals surface area contributed by atoms with Gasteiger partial charge in [-0.1, -0.05) is 44.2 Å². The van der Waals surface area contributed by atoms with E-state index < -0.39 is 54.5 Å². The van der Waals surface area contributed by atoms with Crippen LogP contribution < -0.4 is 16.4 Å². The first-order chi connectivity index (χ1) is 15.6. The van der Waals surface area contributed by atoms with Crippen LogP contribution in [0.4, 0.5) is 0 Å². The lowest BCUT2D eigenvalue weighted by Gasteiger charge is -2.30. The minimum atomic E-state index is -1.45. The monoisotopic (exact) mass is 486 g/mol. The summed E-state index contributed by atoms with van der Waals surface area (Å²) in [4.78, 5) is 51.2. The number of carbonyl (C=O) groups excluding carboxylic acids is 3. The van der Waals surface area contributed by atoms with Crippen LogP contribution in [-0.2, 0) is 25.6 Å². The Morgan fingerprint density at radius 1 is 1.12 bits per heavy atom. The molecule has 2 rings (SSSR count). The number of hydrogen-bond acceptors (Lipinski definition) is 6. The minimum Gasteiger partial charge on any atom is -0.480 e. The van der Waals surface area contributed by atoms with Gasteiger partial charge in [0.2, 0.25) is 17.7 Å². The van der Waals surface area contributed by atoms with Crippen LogP contribution in [0.3, 0.4) is 0 Å². The molecular weight excluding hydrogens is 453 g/mol. The molecule has 11 heteroatoms. The van der Waals surface area contributed by atoms with Crippen LogP contribution in [0.15, 0.2) is 30.3 Å². The molecule has 0 saturated carbocycles. The Morgan fingerprint density at radius 3 is 2.32 bits per heavy atom. The number of rotatable bonds is 11. The van der Waals surface area contributed by atoms with Gasteiger partial charge in [-0.05, 0) is 37.2 Å². The average molecular weight is 487 g/mol. The molecule has 34 heavy (non-hydrogen) atoms. The quantitative estimate of drug-likeness (QED) is 0.257. The van der Waals surface area contributed by atoms with Crippen LogP contribution in [0.25, 0.3) is 0 Å². The van der Waals surface area contributed by atoms with Crippen molar-refractivity contribution in [3.8, 4) is 0 Å². The van der Waals surface area contributed by atoms with Gasteiger partial charge in [0.05, 0.1) is 12.6 Å². The van der Waals surface area contributed by atoms with E-state index in [9.17, 15) is 24.3 Å².